The van der Waals surface area contributed by atoms with Gasteiger partial charge in [0.1, 0.15) is 0 Å². The lowest BCUT2D eigenvalue weighted by atomic mass is 10.0. The van der Waals surface area contributed by atoms with Gasteiger partial charge in [0.05, 0.1) is 0 Å². The van der Waals surface area contributed by atoms with Crippen LogP contribution >= 0.6 is 0 Å². The molecule has 0 aromatic heterocycles. The predicted octanol–water partition coefficient (Wildman–Crippen LogP) is 3.59. The van der Waals surface area contributed by atoms with Crippen molar-refractivity contribution in [1.82, 2.24) is 10.2 Å². The third kappa shape index (κ3) is 4.25. The summed E-state index contributed by atoms with van der Waals surface area (Å²) < 4.78 is 25.3. The van der Waals surface area contributed by atoms with E-state index in [-0.39, 0.29) is 5.56 Å². The summed E-state index contributed by atoms with van der Waals surface area (Å²) in [5.74, 6) is 0. The Morgan fingerprint density at radius 1 is 1.25 bits per heavy atom. The maximum Gasteiger partial charge on any atom is 0.263 e. The van der Waals surface area contributed by atoms with Crippen LogP contribution in [0.25, 0.3) is 0 Å². The quantitative estimate of drug-likeness (QED) is 0.888. The van der Waals surface area contributed by atoms with Crippen molar-refractivity contribution < 1.29 is 8.78 Å². The monoisotopic (exact) mass is 282 g/mol. The Hall–Kier alpha value is -1.00. The van der Waals surface area contributed by atoms with E-state index in [9.17, 15) is 8.78 Å². The Morgan fingerprint density at radius 3 is 2.55 bits per heavy atom. The summed E-state index contributed by atoms with van der Waals surface area (Å²) >= 11 is 0. The molecule has 0 radical (unpaired) electrons. The van der Waals surface area contributed by atoms with Crippen molar-refractivity contribution in [3.63, 3.8) is 0 Å². The van der Waals surface area contributed by atoms with Crippen molar-refractivity contribution >= 4 is 0 Å². The molecule has 0 bridgehead atoms. The number of hydrogen-bond donors (Lipinski definition) is 1. The summed E-state index contributed by atoms with van der Waals surface area (Å²) in [6.07, 6.45) is -0.122. The molecule has 1 heterocycles. The van der Waals surface area contributed by atoms with Gasteiger partial charge in [0.2, 0.25) is 0 Å². The SMILES string of the molecule is CC(C)N1CCC(NCc2cccc(C(F)F)c2)CC1. The van der Waals surface area contributed by atoms with E-state index < -0.39 is 6.43 Å². The van der Waals surface area contributed by atoms with Gasteiger partial charge >= 0.3 is 0 Å². The highest BCUT2D eigenvalue weighted by atomic mass is 19.3. The summed E-state index contributed by atoms with van der Waals surface area (Å²) in [4.78, 5) is 2.48. The fourth-order valence-corrected chi connectivity index (χ4v) is 2.72. The van der Waals surface area contributed by atoms with Gasteiger partial charge in [-0.1, -0.05) is 18.2 Å². The van der Waals surface area contributed by atoms with Crippen LogP contribution in [0, 0.1) is 0 Å². The number of halogens is 2. The zero-order valence-corrected chi connectivity index (χ0v) is 12.3. The molecule has 1 N–H and O–H groups in total. The molecule has 0 amide bonds. The number of likely N-dealkylation sites (tertiary alicyclic amines) is 1. The van der Waals surface area contributed by atoms with Crippen molar-refractivity contribution in [2.75, 3.05) is 13.1 Å². The zero-order chi connectivity index (χ0) is 14.5. The minimum Gasteiger partial charge on any atom is -0.310 e. The first-order chi connectivity index (χ1) is 9.56. The van der Waals surface area contributed by atoms with Crippen LogP contribution in [-0.2, 0) is 6.54 Å². The van der Waals surface area contributed by atoms with E-state index in [4.69, 9.17) is 0 Å². The number of benzene rings is 1. The molecule has 20 heavy (non-hydrogen) atoms. The number of alkyl halides is 2. The topological polar surface area (TPSA) is 15.3 Å². The fraction of sp³-hybridized carbons (Fsp3) is 0.625. The van der Waals surface area contributed by atoms with Crippen LogP contribution < -0.4 is 5.32 Å². The van der Waals surface area contributed by atoms with Gasteiger partial charge in [0.15, 0.2) is 0 Å². The summed E-state index contributed by atoms with van der Waals surface area (Å²) in [5, 5.41) is 3.49. The molecule has 0 spiro atoms. The van der Waals surface area contributed by atoms with E-state index in [1.807, 2.05) is 6.07 Å². The minimum absolute atomic E-state index is 0.110. The lowest BCUT2D eigenvalue weighted by Gasteiger charge is -2.35. The Labute approximate surface area is 120 Å². The van der Waals surface area contributed by atoms with E-state index in [0.717, 1.165) is 31.5 Å². The standard InChI is InChI=1S/C16H24F2N2/c1-12(2)20-8-6-15(7-9-20)19-11-13-4-3-5-14(10-13)16(17)18/h3-5,10,12,15-16,19H,6-9,11H2,1-2H3. The number of nitrogens with one attached hydrogen (secondary N) is 1. The summed E-state index contributed by atoms with van der Waals surface area (Å²) in [7, 11) is 0. The smallest absolute Gasteiger partial charge is 0.263 e. The van der Waals surface area contributed by atoms with Gasteiger partial charge in [-0.25, -0.2) is 8.78 Å². The second kappa shape index (κ2) is 7.14. The molecule has 1 aromatic rings. The normalized spacial score (nSPS) is 18.1. The van der Waals surface area contributed by atoms with Crippen LogP contribution in [0.15, 0.2) is 24.3 Å². The van der Waals surface area contributed by atoms with Gasteiger partial charge in [-0.3, -0.25) is 0 Å². The molecule has 1 aliphatic heterocycles. The van der Waals surface area contributed by atoms with Crippen molar-refractivity contribution in [3.05, 3.63) is 35.4 Å². The average Bonchev–Trinajstić information content (AvgIpc) is 2.46. The lowest BCUT2D eigenvalue weighted by molar-refractivity contribution is 0.151. The molecule has 1 fully saturated rings. The maximum atomic E-state index is 12.6. The molecule has 0 unspecified atom stereocenters. The van der Waals surface area contributed by atoms with Gasteiger partial charge in [0, 0.05) is 24.2 Å². The highest BCUT2D eigenvalue weighted by molar-refractivity contribution is 5.24. The van der Waals surface area contributed by atoms with Crippen LogP contribution in [0.2, 0.25) is 0 Å². The minimum atomic E-state index is -2.38. The highest BCUT2D eigenvalue weighted by Crippen LogP contribution is 2.20. The van der Waals surface area contributed by atoms with E-state index in [1.165, 1.54) is 6.07 Å². The summed E-state index contributed by atoms with van der Waals surface area (Å²) in [6.45, 7) is 7.36. The second-order valence-corrected chi connectivity index (χ2v) is 5.83. The van der Waals surface area contributed by atoms with Gasteiger partial charge in [-0.2, -0.15) is 0 Å². The van der Waals surface area contributed by atoms with E-state index in [2.05, 4.69) is 24.1 Å². The Morgan fingerprint density at radius 2 is 1.95 bits per heavy atom. The van der Waals surface area contributed by atoms with Crippen LogP contribution in [0.1, 0.15) is 44.2 Å². The second-order valence-electron chi connectivity index (χ2n) is 5.83. The summed E-state index contributed by atoms with van der Waals surface area (Å²) in [6, 6.07) is 7.80. The zero-order valence-electron chi connectivity index (χ0n) is 12.3. The average molecular weight is 282 g/mol. The summed E-state index contributed by atoms with van der Waals surface area (Å²) in [5.41, 5.74) is 1.05. The van der Waals surface area contributed by atoms with Crippen LogP contribution in [-0.4, -0.2) is 30.1 Å². The Bertz CT molecular complexity index is 413. The molecule has 1 aliphatic rings. The van der Waals surface area contributed by atoms with E-state index in [1.54, 1.807) is 12.1 Å². The molecule has 4 heteroatoms. The molecule has 0 aliphatic carbocycles. The first kappa shape index (κ1) is 15.4. The van der Waals surface area contributed by atoms with Gasteiger partial charge < -0.3 is 10.2 Å². The number of nitrogens with zero attached hydrogens (tertiary/aromatic N) is 1. The lowest BCUT2D eigenvalue weighted by Crippen LogP contribution is -2.44. The molecule has 1 saturated heterocycles. The molecule has 0 saturated carbocycles. The molecule has 2 rings (SSSR count). The van der Waals surface area contributed by atoms with Crippen LogP contribution in [0.4, 0.5) is 8.78 Å². The Kier molecular flexibility index (Phi) is 5.49. The Balaban J connectivity index is 1.80. The number of rotatable bonds is 5. The van der Waals surface area contributed by atoms with Gasteiger partial charge in [-0.15, -0.1) is 0 Å². The van der Waals surface area contributed by atoms with Crippen molar-refractivity contribution in [3.8, 4) is 0 Å². The van der Waals surface area contributed by atoms with E-state index >= 15 is 0 Å². The number of hydrogen-bond acceptors (Lipinski definition) is 2. The first-order valence-corrected chi connectivity index (χ1v) is 7.40. The highest BCUT2D eigenvalue weighted by Gasteiger charge is 2.20. The van der Waals surface area contributed by atoms with Crippen molar-refractivity contribution in [2.24, 2.45) is 0 Å². The molecule has 1 aromatic carbocycles. The van der Waals surface area contributed by atoms with Gasteiger partial charge in [-0.05, 0) is 51.4 Å². The largest absolute Gasteiger partial charge is 0.310 e. The first-order valence-electron chi connectivity index (χ1n) is 7.40. The number of piperidine rings is 1. The van der Waals surface area contributed by atoms with Gasteiger partial charge in [0.25, 0.3) is 6.43 Å². The molecule has 2 nitrogen and oxygen atoms in total. The van der Waals surface area contributed by atoms with Crippen LogP contribution in [0.5, 0.6) is 0 Å². The maximum absolute atomic E-state index is 12.6. The third-order valence-electron chi connectivity index (χ3n) is 4.06. The predicted molar refractivity (Wildman–Crippen MR) is 78.0 cm³/mol. The molecule has 0 atom stereocenters. The van der Waals surface area contributed by atoms with E-state index in [0.29, 0.717) is 18.6 Å². The van der Waals surface area contributed by atoms with Crippen molar-refractivity contribution in [2.45, 2.75) is 51.7 Å². The molecular weight excluding hydrogens is 258 g/mol. The molecular formula is C16H24F2N2. The molecule has 112 valence electrons. The van der Waals surface area contributed by atoms with Crippen molar-refractivity contribution in [1.29, 1.82) is 0 Å². The fourth-order valence-electron chi connectivity index (χ4n) is 2.72. The third-order valence-corrected chi connectivity index (χ3v) is 4.06. The van der Waals surface area contributed by atoms with Crippen LogP contribution in [0.3, 0.4) is 0 Å².